The molecule has 452 valence electrons. The Morgan fingerprint density at radius 2 is 0.355 bits per heavy atom. The summed E-state index contributed by atoms with van der Waals surface area (Å²) in [5.74, 6) is -0.819. The predicted molar refractivity (Wildman–Crippen MR) is 330 cm³/mol. The van der Waals surface area contributed by atoms with Crippen LogP contribution in [0.4, 0.5) is 0 Å². The van der Waals surface area contributed by atoms with Crippen molar-refractivity contribution >= 4 is 17.9 Å². The van der Waals surface area contributed by atoms with Crippen LogP contribution in [0.2, 0.25) is 0 Å². The first-order valence-corrected chi connectivity index (χ1v) is 35.0. The molecule has 1 unspecified atom stereocenters. The maximum absolute atomic E-state index is 12.9. The van der Waals surface area contributed by atoms with Gasteiger partial charge in [0.15, 0.2) is 6.10 Å². The summed E-state index contributed by atoms with van der Waals surface area (Å²) >= 11 is 0. The van der Waals surface area contributed by atoms with Crippen LogP contribution in [0.15, 0.2) is 0 Å². The van der Waals surface area contributed by atoms with E-state index in [2.05, 4.69) is 20.8 Å². The van der Waals surface area contributed by atoms with Gasteiger partial charge in [-0.2, -0.15) is 0 Å². The SMILES string of the molecule is CCCCCCCCCCCCCCCCCCCCCCCCCCC(=O)OCC(COC(=O)CCCCCCCCCCCCCCCCC)OC(=O)CCCCCCCCCCCCCCCCCCCCC. The minimum absolute atomic E-state index is 0.0601. The molecule has 76 heavy (non-hydrogen) atoms. The van der Waals surface area contributed by atoms with Gasteiger partial charge in [-0.15, -0.1) is 0 Å². The molecule has 0 aliphatic rings. The lowest BCUT2D eigenvalue weighted by Crippen LogP contribution is -2.30. The van der Waals surface area contributed by atoms with Gasteiger partial charge in [-0.25, -0.2) is 0 Å². The first-order valence-electron chi connectivity index (χ1n) is 35.0. The second-order valence-corrected chi connectivity index (χ2v) is 24.2. The van der Waals surface area contributed by atoms with Crippen molar-refractivity contribution in [3.8, 4) is 0 Å². The van der Waals surface area contributed by atoms with Crippen LogP contribution in [-0.2, 0) is 28.6 Å². The van der Waals surface area contributed by atoms with E-state index in [1.165, 1.54) is 315 Å². The van der Waals surface area contributed by atoms with Crippen molar-refractivity contribution in [2.24, 2.45) is 0 Å². The summed E-state index contributed by atoms with van der Waals surface area (Å²) in [7, 11) is 0. The molecule has 0 fully saturated rings. The molecule has 0 N–H and O–H groups in total. The molecule has 0 aromatic heterocycles. The summed E-state index contributed by atoms with van der Waals surface area (Å²) in [6.45, 7) is 6.75. The fraction of sp³-hybridized carbons (Fsp3) is 0.957. The minimum Gasteiger partial charge on any atom is -0.462 e. The van der Waals surface area contributed by atoms with Gasteiger partial charge in [0.05, 0.1) is 0 Å². The van der Waals surface area contributed by atoms with Crippen LogP contribution in [0.5, 0.6) is 0 Å². The summed E-state index contributed by atoms with van der Waals surface area (Å²) in [6.07, 6.45) is 77.0. The smallest absolute Gasteiger partial charge is 0.306 e. The van der Waals surface area contributed by atoms with E-state index in [0.29, 0.717) is 19.3 Å². The number of esters is 3. The zero-order chi connectivity index (χ0) is 55.0. The van der Waals surface area contributed by atoms with Crippen molar-refractivity contribution in [3.63, 3.8) is 0 Å². The van der Waals surface area contributed by atoms with Crippen molar-refractivity contribution in [2.75, 3.05) is 13.2 Å². The maximum Gasteiger partial charge on any atom is 0.306 e. The van der Waals surface area contributed by atoms with Gasteiger partial charge in [-0.1, -0.05) is 374 Å². The highest BCUT2D eigenvalue weighted by molar-refractivity contribution is 5.71. The second kappa shape index (κ2) is 65.9. The molecule has 0 rings (SSSR count). The average molecular weight is 1070 g/mol. The topological polar surface area (TPSA) is 78.9 Å². The number of unbranched alkanes of at least 4 members (excludes halogenated alkanes) is 55. The van der Waals surface area contributed by atoms with Crippen molar-refractivity contribution in [2.45, 2.75) is 419 Å². The van der Waals surface area contributed by atoms with E-state index in [0.717, 1.165) is 57.8 Å². The molecule has 0 saturated heterocycles. The summed E-state index contributed by atoms with van der Waals surface area (Å²) in [4.78, 5) is 38.4. The summed E-state index contributed by atoms with van der Waals surface area (Å²) in [5.41, 5.74) is 0. The summed E-state index contributed by atoms with van der Waals surface area (Å²) < 4.78 is 17.0. The number of carbonyl (C=O) groups excluding carboxylic acids is 3. The molecule has 0 aromatic carbocycles. The Bertz CT molecular complexity index is 1140. The lowest BCUT2D eigenvalue weighted by molar-refractivity contribution is -0.167. The van der Waals surface area contributed by atoms with E-state index in [1.54, 1.807) is 0 Å². The first-order chi connectivity index (χ1) is 37.5. The zero-order valence-electron chi connectivity index (χ0n) is 52.1. The maximum atomic E-state index is 12.9. The molecule has 0 saturated carbocycles. The number of rotatable bonds is 66. The quantitative estimate of drug-likeness (QED) is 0.0343. The molecular formula is C70H136O6. The average Bonchev–Trinajstić information content (AvgIpc) is 3.42. The fourth-order valence-electron chi connectivity index (χ4n) is 11.1. The molecule has 0 radical (unpaired) electrons. The van der Waals surface area contributed by atoms with E-state index >= 15 is 0 Å². The molecule has 0 aromatic rings. The van der Waals surface area contributed by atoms with Gasteiger partial charge >= 0.3 is 17.9 Å². The third kappa shape index (κ3) is 63.2. The van der Waals surface area contributed by atoms with Crippen LogP contribution < -0.4 is 0 Å². The van der Waals surface area contributed by atoms with E-state index in [1.807, 2.05) is 0 Å². The molecule has 0 heterocycles. The standard InChI is InChI=1S/C70H136O6/c1-4-7-10-13-16-19-22-25-28-30-32-33-34-35-36-38-39-42-45-48-51-54-57-60-63-69(72)75-66-67(65-74-68(71)62-59-56-53-50-47-44-41-27-24-21-18-15-12-9-6-3)76-70(73)64-61-58-55-52-49-46-43-40-37-31-29-26-23-20-17-14-11-8-5-2/h67H,4-66H2,1-3H3. The number of hydrogen-bond donors (Lipinski definition) is 0. The first kappa shape index (κ1) is 74.4. The number of carbonyl (C=O) groups is 3. The highest BCUT2D eigenvalue weighted by Gasteiger charge is 2.19. The van der Waals surface area contributed by atoms with E-state index < -0.39 is 6.10 Å². The van der Waals surface area contributed by atoms with Crippen LogP contribution in [0, 0.1) is 0 Å². The Kier molecular flexibility index (Phi) is 64.5. The molecule has 6 heteroatoms. The summed E-state index contributed by atoms with van der Waals surface area (Å²) in [5, 5.41) is 0. The molecule has 1 atom stereocenters. The number of ether oxygens (including phenoxy) is 3. The molecule has 6 nitrogen and oxygen atoms in total. The van der Waals surface area contributed by atoms with Crippen molar-refractivity contribution in [1.82, 2.24) is 0 Å². The van der Waals surface area contributed by atoms with Crippen LogP contribution in [-0.4, -0.2) is 37.2 Å². The van der Waals surface area contributed by atoms with Crippen LogP contribution in [0.3, 0.4) is 0 Å². The van der Waals surface area contributed by atoms with E-state index in [9.17, 15) is 14.4 Å². The van der Waals surface area contributed by atoms with Crippen molar-refractivity contribution in [3.05, 3.63) is 0 Å². The van der Waals surface area contributed by atoms with Crippen molar-refractivity contribution < 1.29 is 28.6 Å². The van der Waals surface area contributed by atoms with Crippen LogP contribution in [0.1, 0.15) is 412 Å². The molecule has 0 bridgehead atoms. The molecule has 0 amide bonds. The Morgan fingerprint density at radius 1 is 0.211 bits per heavy atom. The highest BCUT2D eigenvalue weighted by Crippen LogP contribution is 2.19. The fourth-order valence-corrected chi connectivity index (χ4v) is 11.1. The van der Waals surface area contributed by atoms with Crippen LogP contribution >= 0.6 is 0 Å². The lowest BCUT2D eigenvalue weighted by atomic mass is 10.0. The molecular weight excluding hydrogens is 937 g/mol. The van der Waals surface area contributed by atoms with Gasteiger partial charge in [0.2, 0.25) is 0 Å². The van der Waals surface area contributed by atoms with Gasteiger partial charge in [0.25, 0.3) is 0 Å². The number of hydrogen-bond acceptors (Lipinski definition) is 6. The third-order valence-corrected chi connectivity index (χ3v) is 16.4. The second-order valence-electron chi connectivity index (χ2n) is 24.2. The monoisotopic (exact) mass is 1070 g/mol. The molecule has 0 aliphatic carbocycles. The van der Waals surface area contributed by atoms with E-state index in [4.69, 9.17) is 14.2 Å². The van der Waals surface area contributed by atoms with E-state index in [-0.39, 0.29) is 31.1 Å². The predicted octanol–water partition coefficient (Wildman–Crippen LogP) is 23.8. The van der Waals surface area contributed by atoms with Crippen molar-refractivity contribution in [1.29, 1.82) is 0 Å². The third-order valence-electron chi connectivity index (χ3n) is 16.4. The van der Waals surface area contributed by atoms with Gasteiger partial charge in [0.1, 0.15) is 13.2 Å². The Balaban J connectivity index is 4.22. The Morgan fingerprint density at radius 3 is 0.526 bits per heavy atom. The Hall–Kier alpha value is -1.59. The zero-order valence-corrected chi connectivity index (χ0v) is 52.1. The largest absolute Gasteiger partial charge is 0.462 e. The summed E-state index contributed by atoms with van der Waals surface area (Å²) in [6, 6.07) is 0. The lowest BCUT2D eigenvalue weighted by Gasteiger charge is -2.18. The molecule has 0 spiro atoms. The van der Waals surface area contributed by atoms with Gasteiger partial charge in [-0.3, -0.25) is 14.4 Å². The van der Waals surface area contributed by atoms with Crippen LogP contribution in [0.25, 0.3) is 0 Å². The van der Waals surface area contributed by atoms with Gasteiger partial charge < -0.3 is 14.2 Å². The van der Waals surface area contributed by atoms with Gasteiger partial charge in [-0.05, 0) is 19.3 Å². The highest BCUT2D eigenvalue weighted by atomic mass is 16.6. The Labute approximate surface area is 476 Å². The van der Waals surface area contributed by atoms with Gasteiger partial charge in [0, 0.05) is 19.3 Å². The molecule has 0 aliphatic heterocycles. The minimum atomic E-state index is -0.763. The normalized spacial score (nSPS) is 11.9.